The molecule has 2 aromatic rings. The molecule has 2 rings (SSSR count). The van der Waals surface area contributed by atoms with Gasteiger partial charge in [0, 0.05) is 23.3 Å². The van der Waals surface area contributed by atoms with Gasteiger partial charge in [0.1, 0.15) is 0 Å². The van der Waals surface area contributed by atoms with Gasteiger partial charge in [-0.2, -0.15) is 0 Å². The van der Waals surface area contributed by atoms with E-state index in [1.54, 1.807) is 0 Å². The van der Waals surface area contributed by atoms with Crippen LogP contribution in [0.1, 0.15) is 47.6 Å². The van der Waals surface area contributed by atoms with E-state index >= 15 is 0 Å². The van der Waals surface area contributed by atoms with E-state index in [4.69, 9.17) is 0 Å². The second-order valence-electron chi connectivity index (χ2n) is 5.25. The van der Waals surface area contributed by atoms with Gasteiger partial charge in [-0.1, -0.05) is 19.1 Å². The first-order chi connectivity index (χ1) is 9.61. The third-order valence-electron chi connectivity index (χ3n) is 3.44. The van der Waals surface area contributed by atoms with Gasteiger partial charge in [0.25, 0.3) is 0 Å². The van der Waals surface area contributed by atoms with Crippen LogP contribution in [0.4, 0.5) is 0 Å². The van der Waals surface area contributed by atoms with Crippen molar-refractivity contribution in [1.82, 2.24) is 15.3 Å². The fourth-order valence-electron chi connectivity index (χ4n) is 2.35. The molecule has 3 nitrogen and oxygen atoms in total. The van der Waals surface area contributed by atoms with E-state index in [1.165, 1.54) is 11.1 Å². The van der Waals surface area contributed by atoms with Crippen LogP contribution >= 0.6 is 0 Å². The quantitative estimate of drug-likeness (QED) is 0.903. The van der Waals surface area contributed by atoms with Crippen molar-refractivity contribution in [2.24, 2.45) is 0 Å². The maximum absolute atomic E-state index is 4.59. The molecule has 0 aliphatic rings. The number of aryl methyl sites for hydroxylation is 3. The highest BCUT2D eigenvalue weighted by Crippen LogP contribution is 2.24. The van der Waals surface area contributed by atoms with Crippen molar-refractivity contribution >= 4 is 0 Å². The Hall–Kier alpha value is -1.74. The molecule has 0 radical (unpaired) electrons. The lowest BCUT2D eigenvalue weighted by Crippen LogP contribution is -2.24. The maximum Gasteiger partial charge on any atom is 0.0609 e. The molecule has 0 amide bonds. The van der Waals surface area contributed by atoms with E-state index in [-0.39, 0.29) is 6.04 Å². The molecular weight excluding hydrogens is 246 g/mol. The molecule has 106 valence electrons. The van der Waals surface area contributed by atoms with Crippen molar-refractivity contribution in [2.75, 3.05) is 6.54 Å². The molecule has 0 fully saturated rings. The van der Waals surface area contributed by atoms with Crippen LogP contribution in [0.5, 0.6) is 0 Å². The zero-order valence-corrected chi connectivity index (χ0v) is 12.8. The Morgan fingerprint density at radius 2 is 1.80 bits per heavy atom. The summed E-state index contributed by atoms with van der Waals surface area (Å²) in [5, 5.41) is 3.60. The minimum atomic E-state index is 0.163. The first-order valence-corrected chi connectivity index (χ1v) is 7.22. The van der Waals surface area contributed by atoms with E-state index in [2.05, 4.69) is 53.4 Å². The number of rotatable bonds is 5. The molecule has 0 saturated heterocycles. The van der Waals surface area contributed by atoms with Gasteiger partial charge < -0.3 is 5.32 Å². The molecule has 1 unspecified atom stereocenters. The zero-order chi connectivity index (χ0) is 14.5. The number of hydrogen-bond acceptors (Lipinski definition) is 3. The van der Waals surface area contributed by atoms with Crippen LogP contribution in [-0.4, -0.2) is 16.5 Å². The molecule has 2 aromatic heterocycles. The summed E-state index contributed by atoms with van der Waals surface area (Å²) in [6, 6.07) is 8.62. The van der Waals surface area contributed by atoms with Crippen molar-refractivity contribution in [3.05, 3.63) is 58.7 Å². The standard InChI is InChI=1S/C17H23N3/c1-5-10-18-17(15-8-6-12(2)19-11-15)16-9-7-13(3)20-14(16)4/h6-9,11,17-18H,5,10H2,1-4H3. The molecule has 0 spiro atoms. The van der Waals surface area contributed by atoms with Crippen molar-refractivity contribution in [3.63, 3.8) is 0 Å². The summed E-state index contributed by atoms with van der Waals surface area (Å²) in [7, 11) is 0. The predicted octanol–water partition coefficient (Wildman–Crippen LogP) is 3.49. The van der Waals surface area contributed by atoms with Gasteiger partial charge in [-0.25, -0.2) is 0 Å². The van der Waals surface area contributed by atoms with E-state index in [9.17, 15) is 0 Å². The van der Waals surface area contributed by atoms with Crippen LogP contribution in [0, 0.1) is 20.8 Å². The average molecular weight is 269 g/mol. The largest absolute Gasteiger partial charge is 0.306 e. The number of pyridine rings is 2. The lowest BCUT2D eigenvalue weighted by atomic mass is 9.98. The van der Waals surface area contributed by atoms with Crippen LogP contribution < -0.4 is 5.32 Å². The molecule has 0 aromatic carbocycles. The van der Waals surface area contributed by atoms with Gasteiger partial charge in [-0.05, 0) is 57.0 Å². The van der Waals surface area contributed by atoms with E-state index in [0.29, 0.717) is 0 Å². The second-order valence-corrected chi connectivity index (χ2v) is 5.25. The van der Waals surface area contributed by atoms with Gasteiger partial charge in [0.15, 0.2) is 0 Å². The zero-order valence-electron chi connectivity index (χ0n) is 12.8. The summed E-state index contributed by atoms with van der Waals surface area (Å²) in [5.41, 5.74) is 5.61. The van der Waals surface area contributed by atoms with Gasteiger partial charge >= 0.3 is 0 Å². The summed E-state index contributed by atoms with van der Waals surface area (Å²) in [5.74, 6) is 0. The first kappa shape index (κ1) is 14.7. The van der Waals surface area contributed by atoms with Crippen LogP contribution in [0.2, 0.25) is 0 Å². The van der Waals surface area contributed by atoms with E-state index in [0.717, 1.165) is 30.0 Å². The molecule has 0 aliphatic heterocycles. The summed E-state index contributed by atoms with van der Waals surface area (Å²) in [6.45, 7) is 9.27. The predicted molar refractivity (Wildman–Crippen MR) is 82.8 cm³/mol. The summed E-state index contributed by atoms with van der Waals surface area (Å²) >= 11 is 0. The van der Waals surface area contributed by atoms with Gasteiger partial charge in [-0.15, -0.1) is 0 Å². The lowest BCUT2D eigenvalue weighted by molar-refractivity contribution is 0.592. The van der Waals surface area contributed by atoms with Crippen LogP contribution in [0.15, 0.2) is 30.5 Å². The molecule has 0 bridgehead atoms. The number of aromatic nitrogens is 2. The fraction of sp³-hybridized carbons (Fsp3) is 0.412. The van der Waals surface area contributed by atoms with E-state index in [1.807, 2.05) is 20.0 Å². The minimum Gasteiger partial charge on any atom is -0.306 e. The smallest absolute Gasteiger partial charge is 0.0609 e. The Kier molecular flexibility index (Phi) is 4.85. The molecule has 1 atom stereocenters. The Balaban J connectivity index is 2.38. The third-order valence-corrected chi connectivity index (χ3v) is 3.44. The molecule has 2 heterocycles. The fourth-order valence-corrected chi connectivity index (χ4v) is 2.35. The summed E-state index contributed by atoms with van der Waals surface area (Å²) < 4.78 is 0. The summed E-state index contributed by atoms with van der Waals surface area (Å²) in [4.78, 5) is 9.01. The Morgan fingerprint density at radius 1 is 1.05 bits per heavy atom. The average Bonchev–Trinajstić information content (AvgIpc) is 2.42. The number of nitrogens with one attached hydrogen (secondary N) is 1. The van der Waals surface area contributed by atoms with Crippen LogP contribution in [0.25, 0.3) is 0 Å². The van der Waals surface area contributed by atoms with Crippen molar-refractivity contribution in [2.45, 2.75) is 40.2 Å². The van der Waals surface area contributed by atoms with E-state index < -0.39 is 0 Å². The molecule has 3 heteroatoms. The minimum absolute atomic E-state index is 0.163. The van der Waals surface area contributed by atoms with Crippen LogP contribution in [-0.2, 0) is 0 Å². The number of nitrogens with zero attached hydrogens (tertiary/aromatic N) is 2. The molecule has 20 heavy (non-hydrogen) atoms. The summed E-state index contributed by atoms with van der Waals surface area (Å²) in [6.07, 6.45) is 3.07. The van der Waals surface area contributed by atoms with Crippen LogP contribution in [0.3, 0.4) is 0 Å². The number of hydrogen-bond donors (Lipinski definition) is 1. The third kappa shape index (κ3) is 3.42. The Morgan fingerprint density at radius 3 is 2.40 bits per heavy atom. The first-order valence-electron chi connectivity index (χ1n) is 7.22. The lowest BCUT2D eigenvalue weighted by Gasteiger charge is -2.21. The highest BCUT2D eigenvalue weighted by molar-refractivity contribution is 5.34. The van der Waals surface area contributed by atoms with Gasteiger partial charge in [0.2, 0.25) is 0 Å². The second kappa shape index (κ2) is 6.62. The van der Waals surface area contributed by atoms with Crippen molar-refractivity contribution in [3.8, 4) is 0 Å². The normalized spacial score (nSPS) is 12.4. The monoisotopic (exact) mass is 269 g/mol. The molecule has 1 N–H and O–H groups in total. The Labute approximate surface area is 121 Å². The highest BCUT2D eigenvalue weighted by atomic mass is 14.9. The molecule has 0 aliphatic carbocycles. The Bertz CT molecular complexity index is 561. The van der Waals surface area contributed by atoms with Crippen molar-refractivity contribution in [1.29, 1.82) is 0 Å². The SMILES string of the molecule is CCCNC(c1ccc(C)nc1)c1ccc(C)nc1C. The van der Waals surface area contributed by atoms with Gasteiger partial charge in [0.05, 0.1) is 6.04 Å². The molecular formula is C17H23N3. The van der Waals surface area contributed by atoms with Crippen molar-refractivity contribution < 1.29 is 0 Å². The maximum atomic E-state index is 4.59. The topological polar surface area (TPSA) is 37.8 Å². The van der Waals surface area contributed by atoms with Gasteiger partial charge in [-0.3, -0.25) is 9.97 Å². The molecule has 0 saturated carbocycles. The highest BCUT2D eigenvalue weighted by Gasteiger charge is 2.16.